The second-order valence-electron chi connectivity index (χ2n) is 3.69. The molecule has 1 rings (SSSR count). The summed E-state index contributed by atoms with van der Waals surface area (Å²) < 4.78 is 4.59. The number of aliphatic hydroxyl groups is 1. The zero-order valence-corrected chi connectivity index (χ0v) is 10.1. The fourth-order valence-corrected chi connectivity index (χ4v) is 1.65. The van der Waals surface area contributed by atoms with Crippen molar-refractivity contribution in [2.75, 3.05) is 7.11 Å². The van der Waals surface area contributed by atoms with Crippen LogP contribution in [0.25, 0.3) is 0 Å². The van der Waals surface area contributed by atoms with Crippen LogP contribution in [0.5, 0.6) is 0 Å². The molecule has 0 aliphatic heterocycles. The Hall–Kier alpha value is -1.06. The van der Waals surface area contributed by atoms with Crippen molar-refractivity contribution >= 4 is 17.6 Å². The molecule has 0 saturated heterocycles. The molecule has 0 saturated carbocycles. The molecule has 0 spiro atoms. The number of esters is 1. The van der Waals surface area contributed by atoms with Gasteiger partial charge in [0.15, 0.2) is 0 Å². The third-order valence-electron chi connectivity index (χ3n) is 2.29. The summed E-state index contributed by atoms with van der Waals surface area (Å²) in [6.07, 6.45) is 1.08. The van der Waals surface area contributed by atoms with Crippen molar-refractivity contribution in [1.82, 2.24) is 0 Å². The number of hydrogen-bond donors (Lipinski definition) is 1. The van der Waals surface area contributed by atoms with Crippen molar-refractivity contribution in [1.29, 1.82) is 0 Å². The third-order valence-corrected chi connectivity index (χ3v) is 2.60. The molecule has 1 N–H and O–H groups in total. The van der Waals surface area contributed by atoms with E-state index in [9.17, 15) is 4.79 Å². The number of methoxy groups -OCH3 is 1. The number of carbonyl (C=O) groups excluding carboxylic acids is 1. The summed E-state index contributed by atoms with van der Waals surface area (Å²) in [6.45, 7) is 1.74. The maximum Gasteiger partial charge on any atom is 0.339 e. The SMILES string of the molecule is COC(=O)c1ccc(CC[C@@H](C)O)cc1Cl. The van der Waals surface area contributed by atoms with E-state index >= 15 is 0 Å². The molecule has 1 aromatic rings. The highest BCUT2D eigenvalue weighted by Crippen LogP contribution is 2.19. The Balaban J connectivity index is 2.78. The third kappa shape index (κ3) is 3.51. The Kier molecular flexibility index (Phi) is 4.77. The van der Waals surface area contributed by atoms with Gasteiger partial charge in [0, 0.05) is 0 Å². The molecule has 0 aliphatic carbocycles. The van der Waals surface area contributed by atoms with Gasteiger partial charge in [0.2, 0.25) is 0 Å². The highest BCUT2D eigenvalue weighted by Gasteiger charge is 2.10. The van der Waals surface area contributed by atoms with Crippen molar-refractivity contribution in [3.8, 4) is 0 Å². The van der Waals surface area contributed by atoms with Gasteiger partial charge in [-0.2, -0.15) is 0 Å². The van der Waals surface area contributed by atoms with Crippen molar-refractivity contribution in [3.63, 3.8) is 0 Å². The van der Waals surface area contributed by atoms with Crippen molar-refractivity contribution in [2.45, 2.75) is 25.9 Å². The van der Waals surface area contributed by atoms with Crippen LogP contribution in [0.2, 0.25) is 5.02 Å². The summed E-state index contributed by atoms with van der Waals surface area (Å²) in [5, 5.41) is 9.54. The molecule has 0 heterocycles. The lowest BCUT2D eigenvalue weighted by Gasteiger charge is -2.07. The van der Waals surface area contributed by atoms with Crippen LogP contribution in [0, 0.1) is 0 Å². The monoisotopic (exact) mass is 242 g/mol. The van der Waals surface area contributed by atoms with Crippen LogP contribution in [-0.4, -0.2) is 24.3 Å². The van der Waals surface area contributed by atoms with E-state index in [-0.39, 0.29) is 6.10 Å². The van der Waals surface area contributed by atoms with Crippen LogP contribution in [0.3, 0.4) is 0 Å². The van der Waals surface area contributed by atoms with Crippen LogP contribution in [0.15, 0.2) is 18.2 Å². The lowest BCUT2D eigenvalue weighted by molar-refractivity contribution is 0.0601. The van der Waals surface area contributed by atoms with Gasteiger partial charge in [0.25, 0.3) is 0 Å². The maximum atomic E-state index is 11.3. The summed E-state index contributed by atoms with van der Waals surface area (Å²) in [6, 6.07) is 5.20. The second kappa shape index (κ2) is 5.87. The molecule has 0 unspecified atom stereocenters. The zero-order valence-electron chi connectivity index (χ0n) is 9.37. The fourth-order valence-electron chi connectivity index (χ4n) is 1.37. The van der Waals surface area contributed by atoms with E-state index in [2.05, 4.69) is 4.74 Å². The number of rotatable bonds is 4. The van der Waals surface area contributed by atoms with Gasteiger partial charge in [0.05, 0.1) is 23.8 Å². The highest BCUT2D eigenvalue weighted by molar-refractivity contribution is 6.33. The van der Waals surface area contributed by atoms with E-state index in [1.165, 1.54) is 7.11 Å². The van der Waals surface area contributed by atoms with Crippen LogP contribution in [-0.2, 0) is 11.2 Å². The summed E-state index contributed by atoms with van der Waals surface area (Å²) in [7, 11) is 1.32. The minimum Gasteiger partial charge on any atom is -0.465 e. The van der Waals surface area contributed by atoms with Crippen LogP contribution < -0.4 is 0 Å². The normalized spacial score (nSPS) is 12.2. The lowest BCUT2D eigenvalue weighted by atomic mass is 10.1. The van der Waals surface area contributed by atoms with Gasteiger partial charge in [-0.3, -0.25) is 0 Å². The summed E-state index contributed by atoms with van der Waals surface area (Å²) in [5.74, 6) is -0.438. The Bertz CT molecular complexity index is 375. The quantitative estimate of drug-likeness (QED) is 0.825. The highest BCUT2D eigenvalue weighted by atomic mass is 35.5. The molecule has 0 fully saturated rings. The number of ether oxygens (including phenoxy) is 1. The molecule has 0 bridgehead atoms. The second-order valence-corrected chi connectivity index (χ2v) is 4.10. The lowest BCUT2D eigenvalue weighted by Crippen LogP contribution is -2.04. The zero-order chi connectivity index (χ0) is 12.1. The van der Waals surface area contributed by atoms with Gasteiger partial charge in [0.1, 0.15) is 0 Å². The molecule has 16 heavy (non-hydrogen) atoms. The van der Waals surface area contributed by atoms with Crippen molar-refractivity contribution in [3.05, 3.63) is 34.3 Å². The maximum absolute atomic E-state index is 11.3. The average molecular weight is 243 g/mol. The minimum atomic E-state index is -0.438. The summed E-state index contributed by atoms with van der Waals surface area (Å²) in [4.78, 5) is 11.3. The van der Waals surface area contributed by atoms with Crippen LogP contribution in [0.1, 0.15) is 29.3 Å². The molecule has 88 valence electrons. The number of hydrogen-bond acceptors (Lipinski definition) is 3. The van der Waals surface area contributed by atoms with E-state index in [0.29, 0.717) is 17.0 Å². The number of carbonyl (C=O) groups is 1. The largest absolute Gasteiger partial charge is 0.465 e. The smallest absolute Gasteiger partial charge is 0.339 e. The van der Waals surface area contributed by atoms with Crippen molar-refractivity contribution < 1.29 is 14.6 Å². The van der Waals surface area contributed by atoms with E-state index in [0.717, 1.165) is 12.0 Å². The fraction of sp³-hybridized carbons (Fsp3) is 0.417. The molecule has 3 nitrogen and oxygen atoms in total. The Morgan fingerprint density at radius 3 is 2.75 bits per heavy atom. The Labute approximate surface area is 100.0 Å². The predicted octanol–water partition coefficient (Wildman–Crippen LogP) is 2.44. The summed E-state index contributed by atoms with van der Waals surface area (Å²) in [5.41, 5.74) is 1.36. The number of aryl methyl sites for hydroxylation is 1. The predicted molar refractivity (Wildman–Crippen MR) is 62.8 cm³/mol. The molecular weight excluding hydrogens is 228 g/mol. The van der Waals surface area contributed by atoms with Gasteiger partial charge in [-0.15, -0.1) is 0 Å². The van der Waals surface area contributed by atoms with Gasteiger partial charge < -0.3 is 9.84 Å². The molecule has 4 heteroatoms. The van der Waals surface area contributed by atoms with Gasteiger partial charge in [-0.1, -0.05) is 17.7 Å². The molecule has 0 aliphatic rings. The Morgan fingerprint density at radius 2 is 2.25 bits per heavy atom. The van der Waals surface area contributed by atoms with Gasteiger partial charge in [-0.25, -0.2) is 4.79 Å². The van der Waals surface area contributed by atoms with E-state index in [4.69, 9.17) is 16.7 Å². The molecule has 1 atom stereocenters. The number of halogens is 1. The van der Waals surface area contributed by atoms with E-state index in [1.54, 1.807) is 19.1 Å². The van der Waals surface area contributed by atoms with Gasteiger partial charge >= 0.3 is 5.97 Å². The number of benzene rings is 1. The summed E-state index contributed by atoms with van der Waals surface area (Å²) >= 11 is 5.96. The molecule has 1 aromatic carbocycles. The average Bonchev–Trinajstić information content (AvgIpc) is 2.25. The van der Waals surface area contributed by atoms with Crippen molar-refractivity contribution in [2.24, 2.45) is 0 Å². The molecule has 0 amide bonds. The minimum absolute atomic E-state index is 0.334. The standard InChI is InChI=1S/C12H15ClO3/c1-8(14)3-4-9-5-6-10(11(13)7-9)12(15)16-2/h5-8,14H,3-4H2,1-2H3/t8-/m1/s1. The molecule has 0 radical (unpaired) electrons. The van der Waals surface area contributed by atoms with E-state index < -0.39 is 5.97 Å². The van der Waals surface area contributed by atoms with Gasteiger partial charge in [-0.05, 0) is 37.5 Å². The first-order chi connectivity index (χ1) is 7.54. The van der Waals surface area contributed by atoms with Crippen LogP contribution >= 0.6 is 11.6 Å². The first-order valence-electron chi connectivity index (χ1n) is 5.09. The first kappa shape index (κ1) is 13.0. The topological polar surface area (TPSA) is 46.5 Å². The Morgan fingerprint density at radius 1 is 1.56 bits per heavy atom. The first-order valence-corrected chi connectivity index (χ1v) is 5.47. The van der Waals surface area contributed by atoms with Crippen LogP contribution in [0.4, 0.5) is 0 Å². The number of aliphatic hydroxyl groups excluding tert-OH is 1. The molecule has 0 aromatic heterocycles. The molecular formula is C12H15ClO3. The van der Waals surface area contributed by atoms with E-state index in [1.807, 2.05) is 6.07 Å².